The molecule has 0 unspecified atom stereocenters. The second-order valence-corrected chi connectivity index (χ2v) is 8.70. The van der Waals surface area contributed by atoms with Crippen molar-refractivity contribution in [1.29, 1.82) is 0 Å². The monoisotopic (exact) mass is 563 g/mol. The maximum absolute atomic E-state index is 5.02. The molecule has 0 amide bonds. The van der Waals surface area contributed by atoms with Gasteiger partial charge in [0.1, 0.15) is 5.82 Å². The zero-order valence-corrected chi connectivity index (χ0v) is 22.3. The number of aromatic nitrogens is 1. The molecular formula is C25H38IN7. The number of piperazine rings is 2. The highest BCUT2D eigenvalue weighted by Gasteiger charge is 2.21. The maximum atomic E-state index is 5.02. The number of likely N-dealkylation sites (N-methyl/N-ethyl adjacent to an activating group) is 1. The van der Waals surface area contributed by atoms with Crippen molar-refractivity contribution in [3.8, 4) is 0 Å². The molecule has 1 N–H and O–H groups in total. The van der Waals surface area contributed by atoms with E-state index in [9.17, 15) is 0 Å². The number of hydrogen-bond donors (Lipinski definition) is 1. The van der Waals surface area contributed by atoms with Crippen LogP contribution < -0.4 is 10.2 Å². The average Bonchev–Trinajstić information content (AvgIpc) is 2.84. The summed E-state index contributed by atoms with van der Waals surface area (Å²) in [5.41, 5.74) is 2.59. The lowest BCUT2D eigenvalue weighted by Gasteiger charge is -2.36. The molecule has 4 rings (SSSR count). The zero-order valence-electron chi connectivity index (χ0n) is 20.0. The fourth-order valence-electron chi connectivity index (χ4n) is 4.40. The molecule has 2 saturated heterocycles. The Kier molecular flexibility index (Phi) is 10.2. The molecule has 33 heavy (non-hydrogen) atoms. The molecule has 2 aromatic rings. The van der Waals surface area contributed by atoms with Crippen molar-refractivity contribution in [2.24, 2.45) is 4.99 Å². The number of nitrogens with one attached hydrogen (secondary N) is 1. The maximum Gasteiger partial charge on any atom is 0.194 e. The summed E-state index contributed by atoms with van der Waals surface area (Å²) in [6.07, 6.45) is 1.90. The van der Waals surface area contributed by atoms with Gasteiger partial charge in [-0.1, -0.05) is 36.4 Å². The van der Waals surface area contributed by atoms with Crippen molar-refractivity contribution in [2.45, 2.75) is 20.0 Å². The number of pyridine rings is 1. The molecule has 1 aromatic carbocycles. The molecular weight excluding hydrogens is 525 g/mol. The molecule has 8 heteroatoms. The SMILES string of the molecule is CCNC(=NCc1cccnc1N1CCN(C)CC1)N1CCN(Cc2ccccc2)CC1.I. The third-order valence-corrected chi connectivity index (χ3v) is 6.33. The van der Waals surface area contributed by atoms with E-state index in [-0.39, 0.29) is 24.0 Å². The first kappa shape index (κ1) is 25.7. The van der Waals surface area contributed by atoms with Crippen LogP contribution in [-0.4, -0.2) is 91.6 Å². The van der Waals surface area contributed by atoms with E-state index in [0.717, 1.165) is 77.2 Å². The lowest BCUT2D eigenvalue weighted by atomic mass is 10.2. The first-order valence-electron chi connectivity index (χ1n) is 11.9. The molecule has 7 nitrogen and oxygen atoms in total. The van der Waals surface area contributed by atoms with Crippen LogP contribution in [0.3, 0.4) is 0 Å². The Morgan fingerprint density at radius 2 is 1.67 bits per heavy atom. The van der Waals surface area contributed by atoms with E-state index in [4.69, 9.17) is 9.98 Å². The van der Waals surface area contributed by atoms with Crippen LogP contribution in [0.4, 0.5) is 5.82 Å². The summed E-state index contributed by atoms with van der Waals surface area (Å²) in [5, 5.41) is 3.51. The van der Waals surface area contributed by atoms with Gasteiger partial charge in [0.15, 0.2) is 5.96 Å². The smallest absolute Gasteiger partial charge is 0.194 e. The Labute approximate surface area is 215 Å². The van der Waals surface area contributed by atoms with Crippen molar-refractivity contribution >= 4 is 35.8 Å². The predicted octanol–water partition coefficient (Wildman–Crippen LogP) is 2.73. The van der Waals surface area contributed by atoms with Crippen LogP contribution in [0.15, 0.2) is 53.7 Å². The minimum atomic E-state index is 0. The van der Waals surface area contributed by atoms with Crippen LogP contribution in [0.1, 0.15) is 18.1 Å². The minimum Gasteiger partial charge on any atom is -0.357 e. The zero-order chi connectivity index (χ0) is 22.2. The van der Waals surface area contributed by atoms with Gasteiger partial charge in [-0.25, -0.2) is 9.98 Å². The molecule has 2 aliphatic heterocycles. The van der Waals surface area contributed by atoms with Gasteiger partial charge in [-0.15, -0.1) is 24.0 Å². The van der Waals surface area contributed by atoms with Crippen molar-refractivity contribution in [1.82, 2.24) is 25.0 Å². The van der Waals surface area contributed by atoms with Gasteiger partial charge in [0, 0.05) is 77.2 Å². The molecule has 0 atom stereocenters. The van der Waals surface area contributed by atoms with E-state index in [1.54, 1.807) is 0 Å². The van der Waals surface area contributed by atoms with Crippen molar-refractivity contribution in [3.05, 3.63) is 59.8 Å². The summed E-state index contributed by atoms with van der Waals surface area (Å²) in [7, 11) is 2.18. The number of halogens is 1. The van der Waals surface area contributed by atoms with Gasteiger partial charge in [-0.3, -0.25) is 4.90 Å². The Hall–Kier alpha value is -1.91. The molecule has 1 aromatic heterocycles. The third-order valence-electron chi connectivity index (χ3n) is 6.33. The van der Waals surface area contributed by atoms with Crippen LogP contribution in [0.25, 0.3) is 0 Å². The average molecular weight is 564 g/mol. The lowest BCUT2D eigenvalue weighted by molar-refractivity contribution is 0.172. The van der Waals surface area contributed by atoms with Crippen LogP contribution in [0.5, 0.6) is 0 Å². The molecule has 0 radical (unpaired) electrons. The number of hydrogen-bond acceptors (Lipinski definition) is 5. The largest absolute Gasteiger partial charge is 0.357 e. The first-order chi connectivity index (χ1) is 15.7. The number of guanidine groups is 1. The van der Waals surface area contributed by atoms with E-state index in [0.29, 0.717) is 6.54 Å². The van der Waals surface area contributed by atoms with Gasteiger partial charge in [0.05, 0.1) is 6.54 Å². The molecule has 3 heterocycles. The normalized spacial score (nSPS) is 18.2. The second kappa shape index (κ2) is 13.1. The van der Waals surface area contributed by atoms with Crippen LogP contribution >= 0.6 is 24.0 Å². The first-order valence-corrected chi connectivity index (χ1v) is 11.9. The summed E-state index contributed by atoms with van der Waals surface area (Å²) < 4.78 is 0. The molecule has 0 spiro atoms. The summed E-state index contributed by atoms with van der Waals surface area (Å²) in [6, 6.07) is 14.9. The lowest BCUT2D eigenvalue weighted by Crippen LogP contribution is -2.52. The van der Waals surface area contributed by atoms with E-state index >= 15 is 0 Å². The summed E-state index contributed by atoms with van der Waals surface area (Å²) >= 11 is 0. The molecule has 0 aliphatic carbocycles. The summed E-state index contributed by atoms with van der Waals surface area (Å²) in [5.74, 6) is 2.10. The van der Waals surface area contributed by atoms with Crippen LogP contribution in [-0.2, 0) is 13.1 Å². The van der Waals surface area contributed by atoms with Gasteiger partial charge < -0.3 is 20.0 Å². The summed E-state index contributed by atoms with van der Waals surface area (Å²) in [6.45, 7) is 13.0. The highest BCUT2D eigenvalue weighted by molar-refractivity contribution is 14.0. The van der Waals surface area contributed by atoms with Crippen LogP contribution in [0.2, 0.25) is 0 Å². The number of rotatable bonds is 6. The molecule has 0 bridgehead atoms. The Morgan fingerprint density at radius 3 is 2.36 bits per heavy atom. The molecule has 2 fully saturated rings. The third kappa shape index (κ3) is 7.28. The van der Waals surface area contributed by atoms with Gasteiger partial charge in [0.2, 0.25) is 0 Å². The van der Waals surface area contributed by atoms with Crippen molar-refractivity contribution in [3.63, 3.8) is 0 Å². The number of benzene rings is 1. The molecule has 180 valence electrons. The Morgan fingerprint density at radius 1 is 0.939 bits per heavy atom. The van der Waals surface area contributed by atoms with E-state index in [1.807, 2.05) is 12.3 Å². The fraction of sp³-hybridized carbons (Fsp3) is 0.520. The quantitative estimate of drug-likeness (QED) is 0.332. The fourth-order valence-corrected chi connectivity index (χ4v) is 4.40. The van der Waals surface area contributed by atoms with Gasteiger partial charge in [-0.2, -0.15) is 0 Å². The Bertz CT molecular complexity index is 860. The predicted molar refractivity (Wildman–Crippen MR) is 147 cm³/mol. The number of anilines is 1. The van der Waals surface area contributed by atoms with Crippen molar-refractivity contribution in [2.75, 3.05) is 70.9 Å². The number of aliphatic imine (C=N–C) groups is 1. The van der Waals surface area contributed by atoms with E-state index in [1.165, 1.54) is 11.1 Å². The van der Waals surface area contributed by atoms with E-state index in [2.05, 4.69) is 75.3 Å². The van der Waals surface area contributed by atoms with Crippen LogP contribution in [0, 0.1) is 0 Å². The summed E-state index contributed by atoms with van der Waals surface area (Å²) in [4.78, 5) is 19.4. The van der Waals surface area contributed by atoms with Gasteiger partial charge in [-0.05, 0) is 25.6 Å². The molecule has 2 aliphatic rings. The second-order valence-electron chi connectivity index (χ2n) is 8.70. The molecule has 0 saturated carbocycles. The van der Waals surface area contributed by atoms with E-state index < -0.39 is 0 Å². The highest BCUT2D eigenvalue weighted by atomic mass is 127. The Balaban J connectivity index is 0.00000306. The number of nitrogens with zero attached hydrogens (tertiary/aromatic N) is 6. The highest BCUT2D eigenvalue weighted by Crippen LogP contribution is 2.20. The minimum absolute atomic E-state index is 0. The van der Waals surface area contributed by atoms with Crippen molar-refractivity contribution < 1.29 is 0 Å². The van der Waals surface area contributed by atoms with Gasteiger partial charge >= 0.3 is 0 Å². The topological polar surface area (TPSA) is 50.2 Å². The van der Waals surface area contributed by atoms with Gasteiger partial charge in [0.25, 0.3) is 0 Å². The standard InChI is InChI=1S/C25H37N7.HI/c1-3-26-25(32-18-14-30(15-19-32)21-22-8-5-4-6-9-22)28-20-23-10-7-11-27-24(23)31-16-12-29(2)13-17-31;/h4-11H,3,12-21H2,1-2H3,(H,26,28);1H.